The number of benzene rings is 1. The number of carbonyl (C=O) groups is 1. The number of hydrogen-bond donors (Lipinski definition) is 1. The molecule has 1 heterocycles. The molecule has 2 rings (SSSR count). The number of carbonyl (C=O) groups excluding carboxylic acids is 1. The third-order valence-electron chi connectivity index (χ3n) is 3.26. The summed E-state index contributed by atoms with van der Waals surface area (Å²) in [6.07, 6.45) is -0.0930. The number of methoxy groups -OCH3 is 1. The van der Waals surface area contributed by atoms with Crippen LogP contribution in [0.4, 0.5) is 0 Å². The van der Waals surface area contributed by atoms with Crippen LogP contribution >= 0.6 is 11.6 Å². The highest BCUT2D eigenvalue weighted by molar-refractivity contribution is 6.29. The molecule has 1 N–H and O–H groups in total. The molecule has 7 heteroatoms. The molecule has 0 fully saturated rings. The summed E-state index contributed by atoms with van der Waals surface area (Å²) >= 11 is 5.84. The molecular formula is C16H19ClN2O4. The van der Waals surface area contributed by atoms with Gasteiger partial charge in [-0.2, -0.15) is 0 Å². The molecule has 0 bridgehead atoms. The van der Waals surface area contributed by atoms with E-state index in [9.17, 15) is 4.79 Å². The molecule has 0 aliphatic rings. The average molecular weight is 339 g/mol. The Labute approximate surface area is 139 Å². The molecule has 0 aliphatic carbocycles. The van der Waals surface area contributed by atoms with Crippen LogP contribution < -0.4 is 14.8 Å². The van der Waals surface area contributed by atoms with E-state index in [2.05, 4.69) is 10.5 Å². The van der Waals surface area contributed by atoms with Crippen LogP contribution in [-0.2, 0) is 11.2 Å². The smallest absolute Gasteiger partial charge is 0.229 e. The summed E-state index contributed by atoms with van der Waals surface area (Å²) in [6, 6.07) is 7.36. The average Bonchev–Trinajstić information content (AvgIpc) is 2.85. The van der Waals surface area contributed by atoms with Crippen molar-refractivity contribution < 1.29 is 18.8 Å². The van der Waals surface area contributed by atoms with Gasteiger partial charge in [0.15, 0.2) is 11.5 Å². The Bertz CT molecular complexity index is 652. The lowest BCUT2D eigenvalue weighted by atomic mass is 10.2. The molecule has 23 heavy (non-hydrogen) atoms. The molecule has 0 saturated carbocycles. The fourth-order valence-corrected chi connectivity index (χ4v) is 2.25. The largest absolute Gasteiger partial charge is 0.493 e. The van der Waals surface area contributed by atoms with Gasteiger partial charge in [-0.1, -0.05) is 17.3 Å². The maximum Gasteiger partial charge on any atom is 0.229 e. The molecule has 1 amide bonds. The molecular weight excluding hydrogens is 320 g/mol. The van der Waals surface area contributed by atoms with E-state index in [1.54, 1.807) is 14.0 Å². The second kappa shape index (κ2) is 7.87. The van der Waals surface area contributed by atoms with Crippen molar-refractivity contribution in [3.05, 3.63) is 40.7 Å². The summed E-state index contributed by atoms with van der Waals surface area (Å²) in [5, 5.41) is 6.66. The van der Waals surface area contributed by atoms with Crippen LogP contribution in [0, 0.1) is 6.92 Å². The number of hydrogen-bond acceptors (Lipinski definition) is 5. The van der Waals surface area contributed by atoms with Gasteiger partial charge in [0.25, 0.3) is 0 Å². The number of halogens is 1. The molecule has 2 aromatic rings. The minimum atomic E-state index is -0.214. The second-order valence-corrected chi connectivity index (χ2v) is 5.42. The van der Waals surface area contributed by atoms with Crippen molar-refractivity contribution in [1.29, 1.82) is 0 Å². The first kappa shape index (κ1) is 17.1. The van der Waals surface area contributed by atoms with Crippen LogP contribution in [0.25, 0.3) is 0 Å². The van der Waals surface area contributed by atoms with Gasteiger partial charge < -0.3 is 19.3 Å². The van der Waals surface area contributed by atoms with Crippen molar-refractivity contribution >= 4 is 17.5 Å². The number of nitrogens with zero attached hydrogens (tertiary/aromatic N) is 1. The maximum atomic E-state index is 12.0. The van der Waals surface area contributed by atoms with Crippen molar-refractivity contribution in [2.75, 3.05) is 13.7 Å². The van der Waals surface area contributed by atoms with Gasteiger partial charge in [0.2, 0.25) is 11.1 Å². The van der Waals surface area contributed by atoms with E-state index in [4.69, 9.17) is 25.6 Å². The first-order valence-electron chi connectivity index (χ1n) is 7.18. The summed E-state index contributed by atoms with van der Waals surface area (Å²) in [4.78, 5) is 12.0. The van der Waals surface area contributed by atoms with Crippen molar-refractivity contribution in [3.63, 3.8) is 0 Å². The molecule has 124 valence electrons. The van der Waals surface area contributed by atoms with E-state index in [1.165, 1.54) is 0 Å². The molecule has 0 saturated heterocycles. The normalized spacial score (nSPS) is 11.8. The summed E-state index contributed by atoms with van der Waals surface area (Å²) < 4.78 is 15.8. The quantitative estimate of drug-likeness (QED) is 0.840. The first-order chi connectivity index (χ1) is 11.0. The van der Waals surface area contributed by atoms with Gasteiger partial charge >= 0.3 is 0 Å². The van der Waals surface area contributed by atoms with Gasteiger partial charge in [0.1, 0.15) is 6.10 Å². The molecule has 0 spiro atoms. The number of aromatic nitrogens is 1. The molecule has 1 unspecified atom stereocenters. The first-order valence-corrected chi connectivity index (χ1v) is 7.56. The highest BCUT2D eigenvalue weighted by Gasteiger charge is 2.16. The zero-order valence-corrected chi connectivity index (χ0v) is 14.0. The Balaban J connectivity index is 1.84. The predicted octanol–water partition coefficient (Wildman–Crippen LogP) is 2.77. The lowest BCUT2D eigenvalue weighted by Crippen LogP contribution is -2.34. The number of rotatable bonds is 7. The van der Waals surface area contributed by atoms with Crippen LogP contribution in [0.5, 0.6) is 11.5 Å². The fraction of sp³-hybridized carbons (Fsp3) is 0.375. The standard InChI is InChI=1S/C16H19ClN2O4/c1-10(22-14-7-5-4-6-13(14)21-3)9-18-15(20)8-12-11(2)19-23-16(12)17/h4-7,10H,8-9H2,1-3H3,(H,18,20). The number of ether oxygens (including phenoxy) is 2. The Morgan fingerprint density at radius 1 is 1.39 bits per heavy atom. The van der Waals surface area contributed by atoms with E-state index in [-0.39, 0.29) is 23.7 Å². The lowest BCUT2D eigenvalue weighted by molar-refractivity contribution is -0.120. The van der Waals surface area contributed by atoms with Gasteiger partial charge in [-0.3, -0.25) is 4.79 Å². The number of para-hydroxylation sites is 2. The lowest BCUT2D eigenvalue weighted by Gasteiger charge is -2.17. The van der Waals surface area contributed by atoms with Crippen LogP contribution in [-0.4, -0.2) is 30.8 Å². The molecule has 1 aromatic heterocycles. The summed E-state index contributed by atoms with van der Waals surface area (Å²) in [5.74, 6) is 1.11. The SMILES string of the molecule is COc1ccccc1OC(C)CNC(=O)Cc1c(C)noc1Cl. The predicted molar refractivity (Wildman–Crippen MR) is 86.0 cm³/mol. The van der Waals surface area contributed by atoms with Crippen LogP contribution in [0.3, 0.4) is 0 Å². The molecule has 0 aliphatic heterocycles. The van der Waals surface area contributed by atoms with Crippen LogP contribution in [0.2, 0.25) is 5.22 Å². The van der Waals surface area contributed by atoms with E-state index >= 15 is 0 Å². The Morgan fingerprint density at radius 2 is 2.09 bits per heavy atom. The van der Waals surface area contributed by atoms with Crippen LogP contribution in [0.15, 0.2) is 28.8 Å². The molecule has 1 atom stereocenters. The monoisotopic (exact) mass is 338 g/mol. The van der Waals surface area contributed by atoms with Crippen LogP contribution in [0.1, 0.15) is 18.2 Å². The Morgan fingerprint density at radius 3 is 2.70 bits per heavy atom. The Kier molecular flexibility index (Phi) is 5.87. The van der Waals surface area contributed by atoms with Gasteiger partial charge in [-0.25, -0.2) is 0 Å². The summed E-state index contributed by atoms with van der Waals surface area (Å²) in [6.45, 7) is 3.97. The van der Waals surface area contributed by atoms with E-state index in [0.29, 0.717) is 29.3 Å². The molecule has 6 nitrogen and oxygen atoms in total. The Hall–Kier alpha value is -2.21. The minimum Gasteiger partial charge on any atom is -0.493 e. The van der Waals surface area contributed by atoms with Gasteiger partial charge in [0.05, 0.1) is 25.8 Å². The van der Waals surface area contributed by atoms with Crippen molar-refractivity contribution in [1.82, 2.24) is 10.5 Å². The zero-order valence-electron chi connectivity index (χ0n) is 13.3. The second-order valence-electron chi connectivity index (χ2n) is 5.08. The van der Waals surface area contributed by atoms with Gasteiger partial charge in [-0.15, -0.1) is 0 Å². The van der Waals surface area contributed by atoms with Gasteiger partial charge in [0, 0.05) is 5.56 Å². The number of nitrogens with one attached hydrogen (secondary N) is 1. The number of aryl methyl sites for hydroxylation is 1. The van der Waals surface area contributed by atoms with E-state index in [0.717, 1.165) is 0 Å². The van der Waals surface area contributed by atoms with Crippen molar-refractivity contribution in [2.24, 2.45) is 0 Å². The highest BCUT2D eigenvalue weighted by atomic mass is 35.5. The number of amides is 1. The minimum absolute atomic E-state index is 0.121. The van der Waals surface area contributed by atoms with E-state index in [1.807, 2.05) is 31.2 Å². The molecule has 0 radical (unpaired) electrons. The van der Waals surface area contributed by atoms with Crippen molar-refractivity contribution in [3.8, 4) is 11.5 Å². The summed E-state index contributed by atoms with van der Waals surface area (Å²) in [7, 11) is 1.58. The summed E-state index contributed by atoms with van der Waals surface area (Å²) in [5.41, 5.74) is 1.21. The zero-order chi connectivity index (χ0) is 16.8. The fourth-order valence-electron chi connectivity index (χ4n) is 2.01. The van der Waals surface area contributed by atoms with E-state index < -0.39 is 0 Å². The van der Waals surface area contributed by atoms with Gasteiger partial charge in [-0.05, 0) is 37.6 Å². The van der Waals surface area contributed by atoms with Crippen molar-refractivity contribution in [2.45, 2.75) is 26.4 Å². The third-order valence-corrected chi connectivity index (χ3v) is 3.56. The third kappa shape index (κ3) is 4.63. The highest BCUT2D eigenvalue weighted by Crippen LogP contribution is 2.26. The molecule has 1 aromatic carbocycles. The maximum absolute atomic E-state index is 12.0. The topological polar surface area (TPSA) is 73.6 Å².